The van der Waals surface area contributed by atoms with E-state index < -0.39 is 5.97 Å². The number of aryl methyl sites for hydroxylation is 1. The van der Waals surface area contributed by atoms with E-state index >= 15 is 0 Å². The first-order chi connectivity index (χ1) is 11.1. The molecule has 0 bridgehead atoms. The highest BCUT2D eigenvalue weighted by Crippen LogP contribution is 2.38. The van der Waals surface area contributed by atoms with Gasteiger partial charge in [0.2, 0.25) is 0 Å². The van der Waals surface area contributed by atoms with Gasteiger partial charge in [-0.2, -0.15) is 5.10 Å². The molecule has 0 amide bonds. The van der Waals surface area contributed by atoms with Crippen molar-refractivity contribution in [1.82, 2.24) is 19.6 Å². The molecule has 6 heteroatoms. The Labute approximate surface area is 137 Å². The lowest BCUT2D eigenvalue weighted by Crippen LogP contribution is -2.54. The van der Waals surface area contributed by atoms with Crippen LogP contribution in [0.15, 0.2) is 6.07 Å². The second-order valence-electron chi connectivity index (χ2n) is 7.41. The van der Waals surface area contributed by atoms with E-state index in [0.717, 1.165) is 43.3 Å². The van der Waals surface area contributed by atoms with E-state index in [1.807, 2.05) is 7.05 Å². The van der Waals surface area contributed by atoms with Crippen LogP contribution in [0.5, 0.6) is 0 Å². The number of hydrogen-bond donors (Lipinski definition) is 1. The van der Waals surface area contributed by atoms with Crippen LogP contribution in [-0.4, -0.2) is 62.4 Å². The van der Waals surface area contributed by atoms with Gasteiger partial charge in [0.15, 0.2) is 5.69 Å². The number of nitrogens with zero attached hydrogens (tertiary/aromatic N) is 4. The monoisotopic (exact) mass is 318 g/mol. The maximum atomic E-state index is 11.1. The van der Waals surface area contributed by atoms with Crippen molar-refractivity contribution >= 4 is 5.97 Å². The fraction of sp³-hybridized carbons (Fsp3) is 0.765. The van der Waals surface area contributed by atoms with Crippen molar-refractivity contribution in [3.8, 4) is 0 Å². The Bertz CT molecular complexity index is 595. The molecule has 3 heterocycles. The molecule has 3 aliphatic rings. The first-order valence-electron chi connectivity index (χ1n) is 8.86. The second-order valence-corrected chi connectivity index (χ2v) is 7.41. The van der Waals surface area contributed by atoms with Crippen molar-refractivity contribution in [1.29, 1.82) is 0 Å². The molecule has 1 aromatic heterocycles. The molecule has 0 aromatic carbocycles. The molecule has 0 radical (unpaired) electrons. The summed E-state index contributed by atoms with van der Waals surface area (Å²) in [6.45, 7) is 4.36. The molecule has 2 saturated heterocycles. The third-order valence-electron chi connectivity index (χ3n) is 5.79. The molecule has 6 nitrogen and oxygen atoms in total. The maximum Gasteiger partial charge on any atom is 0.356 e. The molecule has 1 saturated carbocycles. The van der Waals surface area contributed by atoms with Gasteiger partial charge >= 0.3 is 5.97 Å². The number of hydrogen-bond acceptors (Lipinski definition) is 4. The van der Waals surface area contributed by atoms with Gasteiger partial charge in [0, 0.05) is 38.8 Å². The number of aromatic carboxylic acids is 1. The molecule has 0 spiro atoms. The average Bonchev–Trinajstić information content (AvgIpc) is 3.31. The van der Waals surface area contributed by atoms with Crippen LogP contribution in [0.1, 0.15) is 48.3 Å². The summed E-state index contributed by atoms with van der Waals surface area (Å²) in [7, 11) is 1.84. The lowest BCUT2D eigenvalue weighted by Gasteiger charge is -2.47. The molecule has 3 fully saturated rings. The lowest BCUT2D eigenvalue weighted by atomic mass is 9.83. The van der Waals surface area contributed by atoms with Gasteiger partial charge in [0.1, 0.15) is 0 Å². The summed E-state index contributed by atoms with van der Waals surface area (Å²) in [6.07, 6.45) is 6.74. The van der Waals surface area contributed by atoms with Crippen LogP contribution in [-0.2, 0) is 13.6 Å². The molecule has 1 N–H and O–H groups in total. The molecule has 1 aliphatic carbocycles. The van der Waals surface area contributed by atoms with Gasteiger partial charge in [0.05, 0.1) is 5.69 Å². The van der Waals surface area contributed by atoms with Crippen LogP contribution in [0, 0.1) is 5.92 Å². The van der Waals surface area contributed by atoms with Crippen LogP contribution in [0.25, 0.3) is 0 Å². The Morgan fingerprint density at radius 1 is 1.30 bits per heavy atom. The number of fused-ring (bicyclic) bond motifs is 1. The summed E-state index contributed by atoms with van der Waals surface area (Å²) in [5.41, 5.74) is 1.14. The topological polar surface area (TPSA) is 61.6 Å². The zero-order valence-corrected chi connectivity index (χ0v) is 13.8. The summed E-state index contributed by atoms with van der Waals surface area (Å²) in [5, 5.41) is 13.2. The van der Waals surface area contributed by atoms with Crippen molar-refractivity contribution < 1.29 is 9.90 Å². The van der Waals surface area contributed by atoms with E-state index in [0.29, 0.717) is 0 Å². The summed E-state index contributed by atoms with van der Waals surface area (Å²) in [4.78, 5) is 16.3. The smallest absolute Gasteiger partial charge is 0.356 e. The van der Waals surface area contributed by atoms with Crippen molar-refractivity contribution in [3.63, 3.8) is 0 Å². The fourth-order valence-electron chi connectivity index (χ4n) is 4.51. The largest absolute Gasteiger partial charge is 0.476 e. The van der Waals surface area contributed by atoms with Gasteiger partial charge < -0.3 is 5.11 Å². The first-order valence-corrected chi connectivity index (χ1v) is 8.86. The van der Waals surface area contributed by atoms with Crippen molar-refractivity contribution in [3.05, 3.63) is 17.5 Å². The molecule has 4 rings (SSSR count). The summed E-state index contributed by atoms with van der Waals surface area (Å²) in [6, 6.07) is 3.38. The maximum absolute atomic E-state index is 11.1. The van der Waals surface area contributed by atoms with Gasteiger partial charge in [-0.15, -0.1) is 0 Å². The normalized spacial score (nSPS) is 29.4. The Balaban J connectivity index is 1.41. The average molecular weight is 318 g/mol. The van der Waals surface area contributed by atoms with Gasteiger partial charge in [-0.3, -0.25) is 14.5 Å². The second kappa shape index (κ2) is 5.91. The van der Waals surface area contributed by atoms with Gasteiger partial charge in [0.25, 0.3) is 0 Å². The minimum Gasteiger partial charge on any atom is -0.476 e. The number of aromatic nitrogens is 2. The van der Waals surface area contributed by atoms with Crippen molar-refractivity contribution in [2.45, 2.75) is 50.7 Å². The fourth-order valence-corrected chi connectivity index (χ4v) is 4.51. The minimum absolute atomic E-state index is 0.148. The molecule has 2 aliphatic heterocycles. The van der Waals surface area contributed by atoms with Crippen LogP contribution in [0.4, 0.5) is 0 Å². The van der Waals surface area contributed by atoms with Crippen LogP contribution in [0.3, 0.4) is 0 Å². The highest BCUT2D eigenvalue weighted by atomic mass is 16.4. The number of rotatable bonds is 4. The highest BCUT2D eigenvalue weighted by Gasteiger charge is 2.41. The number of carboxylic acid groups (broad SMARTS) is 1. The van der Waals surface area contributed by atoms with Crippen LogP contribution in [0.2, 0.25) is 0 Å². The Morgan fingerprint density at radius 3 is 2.83 bits per heavy atom. The van der Waals surface area contributed by atoms with E-state index in [1.165, 1.54) is 38.6 Å². The SMILES string of the molecule is Cn1nc(C(=O)O)cc1CN1CCC2C(CCCN2C2CC2)C1. The predicted molar refractivity (Wildman–Crippen MR) is 86.3 cm³/mol. The van der Waals surface area contributed by atoms with Gasteiger partial charge in [-0.05, 0) is 50.6 Å². The van der Waals surface area contributed by atoms with Gasteiger partial charge in [-0.25, -0.2) is 4.79 Å². The number of carboxylic acids is 1. The van der Waals surface area contributed by atoms with Gasteiger partial charge in [-0.1, -0.05) is 0 Å². The Kier molecular flexibility index (Phi) is 3.89. The molecule has 2 unspecified atom stereocenters. The minimum atomic E-state index is -0.946. The summed E-state index contributed by atoms with van der Waals surface area (Å²) < 4.78 is 1.72. The van der Waals surface area contributed by atoms with E-state index in [2.05, 4.69) is 14.9 Å². The van der Waals surface area contributed by atoms with E-state index in [-0.39, 0.29) is 5.69 Å². The summed E-state index contributed by atoms with van der Waals surface area (Å²) >= 11 is 0. The molecule has 1 aromatic rings. The third-order valence-corrected chi connectivity index (χ3v) is 5.79. The van der Waals surface area contributed by atoms with Crippen LogP contribution < -0.4 is 0 Å². The predicted octanol–water partition coefficient (Wildman–Crippen LogP) is 1.57. The van der Waals surface area contributed by atoms with Crippen LogP contribution >= 0.6 is 0 Å². The number of likely N-dealkylation sites (tertiary alicyclic amines) is 2. The van der Waals surface area contributed by atoms with Crippen molar-refractivity contribution in [2.75, 3.05) is 19.6 Å². The first kappa shape index (κ1) is 15.1. The Hall–Kier alpha value is -1.40. The van der Waals surface area contributed by atoms with E-state index in [1.54, 1.807) is 10.7 Å². The molecular formula is C17H26N4O2. The van der Waals surface area contributed by atoms with E-state index in [9.17, 15) is 4.79 Å². The highest BCUT2D eigenvalue weighted by molar-refractivity contribution is 5.85. The quantitative estimate of drug-likeness (QED) is 0.913. The molecule has 23 heavy (non-hydrogen) atoms. The van der Waals surface area contributed by atoms with E-state index in [4.69, 9.17) is 5.11 Å². The zero-order valence-electron chi connectivity index (χ0n) is 13.8. The number of carbonyl (C=O) groups is 1. The van der Waals surface area contributed by atoms with Crippen molar-refractivity contribution in [2.24, 2.45) is 13.0 Å². The molecule has 126 valence electrons. The standard InChI is InChI=1S/C17H26N4O2/c1-19-14(9-15(18-19)17(22)23)11-20-8-6-16-12(10-20)3-2-7-21(16)13-4-5-13/h9,12-13,16H,2-8,10-11H2,1H3,(H,22,23). The third kappa shape index (κ3) is 3.02. The lowest BCUT2D eigenvalue weighted by molar-refractivity contribution is 0.0147. The molecule has 2 atom stereocenters. The Morgan fingerprint density at radius 2 is 2.13 bits per heavy atom. The zero-order chi connectivity index (χ0) is 16.0. The summed E-state index contributed by atoms with van der Waals surface area (Å²) in [5.74, 6) is -0.164. The number of piperidine rings is 2. The molecular weight excluding hydrogens is 292 g/mol.